The highest BCUT2D eigenvalue weighted by Crippen LogP contribution is 2.17. The Morgan fingerprint density at radius 3 is 2.47 bits per heavy atom. The van der Waals surface area contributed by atoms with Crippen LogP contribution in [0.15, 0.2) is 42.9 Å². The highest BCUT2D eigenvalue weighted by Gasteiger charge is 2.07. The minimum absolute atomic E-state index is 0.0238. The summed E-state index contributed by atoms with van der Waals surface area (Å²) in [4.78, 5) is 10.7. The molecule has 0 aromatic carbocycles. The maximum Gasteiger partial charge on any atom is 0.0569 e. The van der Waals surface area contributed by atoms with Gasteiger partial charge in [-0.3, -0.25) is 9.97 Å². The molecule has 0 saturated heterocycles. The fourth-order valence-electron chi connectivity index (χ4n) is 1.95. The first-order valence-corrected chi connectivity index (χ1v) is 6.56. The van der Waals surface area contributed by atoms with Crippen LogP contribution in [-0.2, 0) is 6.54 Å². The van der Waals surface area contributed by atoms with Crippen LogP contribution in [0.4, 0.5) is 5.69 Å². The highest BCUT2D eigenvalue weighted by atomic mass is 15.1. The predicted octanol–water partition coefficient (Wildman–Crippen LogP) is 2.52. The van der Waals surface area contributed by atoms with Gasteiger partial charge in [0.05, 0.1) is 17.6 Å². The van der Waals surface area contributed by atoms with Crippen LogP contribution in [0.2, 0.25) is 0 Å². The van der Waals surface area contributed by atoms with Crippen molar-refractivity contribution in [3.8, 4) is 0 Å². The number of pyridine rings is 2. The molecule has 0 aliphatic rings. The molecule has 2 heterocycles. The first kappa shape index (κ1) is 13.5. The van der Waals surface area contributed by atoms with Gasteiger partial charge in [0.15, 0.2) is 0 Å². The molecule has 2 aromatic heterocycles. The number of aromatic nitrogens is 2. The smallest absolute Gasteiger partial charge is 0.0569 e. The van der Waals surface area contributed by atoms with Crippen molar-refractivity contribution in [3.63, 3.8) is 0 Å². The third-order valence-corrected chi connectivity index (χ3v) is 3.11. The molecule has 0 unspecified atom stereocenters. The number of nitrogens with zero attached hydrogens (tertiary/aromatic N) is 3. The normalized spacial score (nSPS) is 12.2. The molecule has 0 saturated carbocycles. The SMILES string of the molecule is CCN(Cc1ccncc1)c1ccc([C@H](C)N)nc1. The summed E-state index contributed by atoms with van der Waals surface area (Å²) in [6, 6.07) is 8.12. The second-order valence-electron chi connectivity index (χ2n) is 4.60. The molecule has 0 fully saturated rings. The van der Waals surface area contributed by atoms with Gasteiger partial charge in [-0.25, -0.2) is 0 Å². The molecule has 0 spiro atoms. The molecule has 0 bridgehead atoms. The molecule has 0 amide bonds. The van der Waals surface area contributed by atoms with Crippen LogP contribution in [0.25, 0.3) is 0 Å². The molecule has 100 valence electrons. The molecule has 2 rings (SSSR count). The zero-order valence-electron chi connectivity index (χ0n) is 11.5. The van der Waals surface area contributed by atoms with Crippen LogP contribution in [0.1, 0.15) is 31.1 Å². The molecular weight excluding hydrogens is 236 g/mol. The van der Waals surface area contributed by atoms with E-state index in [0.29, 0.717) is 0 Å². The number of rotatable bonds is 5. The Morgan fingerprint density at radius 2 is 1.95 bits per heavy atom. The average Bonchev–Trinajstić information content (AvgIpc) is 2.46. The Labute approximate surface area is 114 Å². The van der Waals surface area contributed by atoms with Crippen LogP contribution in [0.3, 0.4) is 0 Å². The fraction of sp³-hybridized carbons (Fsp3) is 0.333. The van der Waals surface area contributed by atoms with E-state index in [9.17, 15) is 0 Å². The number of hydrogen-bond donors (Lipinski definition) is 1. The topological polar surface area (TPSA) is 55.0 Å². The summed E-state index contributed by atoms with van der Waals surface area (Å²) in [5.74, 6) is 0. The summed E-state index contributed by atoms with van der Waals surface area (Å²) in [5.41, 5.74) is 9.09. The molecular formula is C15H20N4. The quantitative estimate of drug-likeness (QED) is 0.893. The van der Waals surface area contributed by atoms with Crippen molar-refractivity contribution in [1.29, 1.82) is 0 Å². The maximum atomic E-state index is 5.81. The van der Waals surface area contributed by atoms with Crippen molar-refractivity contribution in [2.45, 2.75) is 26.4 Å². The minimum atomic E-state index is -0.0238. The molecule has 19 heavy (non-hydrogen) atoms. The van der Waals surface area contributed by atoms with E-state index in [2.05, 4.69) is 27.9 Å². The second kappa shape index (κ2) is 6.29. The third kappa shape index (κ3) is 3.51. The van der Waals surface area contributed by atoms with E-state index in [1.165, 1.54) is 5.56 Å². The van der Waals surface area contributed by atoms with Gasteiger partial charge < -0.3 is 10.6 Å². The maximum absolute atomic E-state index is 5.81. The number of hydrogen-bond acceptors (Lipinski definition) is 4. The molecule has 0 aliphatic heterocycles. The summed E-state index contributed by atoms with van der Waals surface area (Å²) >= 11 is 0. The predicted molar refractivity (Wildman–Crippen MR) is 77.8 cm³/mol. The number of anilines is 1. The Bertz CT molecular complexity index is 493. The van der Waals surface area contributed by atoms with E-state index in [0.717, 1.165) is 24.5 Å². The van der Waals surface area contributed by atoms with Crippen molar-refractivity contribution in [1.82, 2.24) is 9.97 Å². The monoisotopic (exact) mass is 256 g/mol. The van der Waals surface area contributed by atoms with Crippen LogP contribution >= 0.6 is 0 Å². The zero-order chi connectivity index (χ0) is 13.7. The van der Waals surface area contributed by atoms with Crippen LogP contribution in [0.5, 0.6) is 0 Å². The van der Waals surface area contributed by atoms with Gasteiger partial charge in [-0.1, -0.05) is 0 Å². The Hall–Kier alpha value is -1.94. The van der Waals surface area contributed by atoms with Gasteiger partial charge in [-0.2, -0.15) is 0 Å². The van der Waals surface area contributed by atoms with Gasteiger partial charge in [0, 0.05) is 31.5 Å². The van der Waals surface area contributed by atoms with Gasteiger partial charge in [-0.15, -0.1) is 0 Å². The fourth-order valence-corrected chi connectivity index (χ4v) is 1.95. The second-order valence-corrected chi connectivity index (χ2v) is 4.60. The lowest BCUT2D eigenvalue weighted by molar-refractivity contribution is 0.774. The van der Waals surface area contributed by atoms with E-state index in [1.54, 1.807) is 0 Å². The van der Waals surface area contributed by atoms with Crippen LogP contribution in [0, 0.1) is 0 Å². The molecule has 4 nitrogen and oxygen atoms in total. The van der Waals surface area contributed by atoms with Gasteiger partial charge in [-0.05, 0) is 43.7 Å². The van der Waals surface area contributed by atoms with Crippen molar-refractivity contribution in [2.75, 3.05) is 11.4 Å². The minimum Gasteiger partial charge on any atom is -0.366 e. The summed E-state index contributed by atoms with van der Waals surface area (Å²) in [7, 11) is 0. The Balaban J connectivity index is 2.13. The standard InChI is InChI=1S/C15H20N4/c1-3-19(11-13-6-8-17-9-7-13)14-4-5-15(12(2)16)18-10-14/h4-10,12H,3,11,16H2,1-2H3/t12-/m0/s1. The first-order chi connectivity index (χ1) is 9.20. The van der Waals surface area contributed by atoms with E-state index in [4.69, 9.17) is 5.73 Å². The third-order valence-electron chi connectivity index (χ3n) is 3.11. The molecule has 2 N–H and O–H groups in total. The Morgan fingerprint density at radius 1 is 1.21 bits per heavy atom. The van der Waals surface area contributed by atoms with Gasteiger partial charge in [0.1, 0.15) is 0 Å². The lowest BCUT2D eigenvalue weighted by atomic mass is 10.2. The van der Waals surface area contributed by atoms with E-state index in [1.807, 2.05) is 43.7 Å². The molecule has 4 heteroatoms. The van der Waals surface area contributed by atoms with Crippen LogP contribution in [-0.4, -0.2) is 16.5 Å². The lowest BCUT2D eigenvalue weighted by Crippen LogP contribution is -2.22. The van der Waals surface area contributed by atoms with Crippen molar-refractivity contribution >= 4 is 5.69 Å². The van der Waals surface area contributed by atoms with Gasteiger partial charge in [0.2, 0.25) is 0 Å². The van der Waals surface area contributed by atoms with Gasteiger partial charge >= 0.3 is 0 Å². The zero-order valence-corrected chi connectivity index (χ0v) is 11.5. The summed E-state index contributed by atoms with van der Waals surface area (Å²) in [6.45, 7) is 5.87. The van der Waals surface area contributed by atoms with E-state index < -0.39 is 0 Å². The van der Waals surface area contributed by atoms with Crippen molar-refractivity contribution in [3.05, 3.63) is 54.1 Å². The number of nitrogens with two attached hydrogens (primary N) is 1. The lowest BCUT2D eigenvalue weighted by Gasteiger charge is -2.23. The summed E-state index contributed by atoms with van der Waals surface area (Å²) in [5, 5.41) is 0. The first-order valence-electron chi connectivity index (χ1n) is 6.56. The van der Waals surface area contributed by atoms with E-state index >= 15 is 0 Å². The largest absolute Gasteiger partial charge is 0.366 e. The van der Waals surface area contributed by atoms with Gasteiger partial charge in [0.25, 0.3) is 0 Å². The Kier molecular flexibility index (Phi) is 4.47. The molecule has 1 atom stereocenters. The molecule has 0 aliphatic carbocycles. The summed E-state index contributed by atoms with van der Waals surface area (Å²) in [6.07, 6.45) is 5.53. The average molecular weight is 256 g/mol. The van der Waals surface area contributed by atoms with E-state index in [-0.39, 0.29) is 6.04 Å². The highest BCUT2D eigenvalue weighted by molar-refractivity contribution is 5.45. The summed E-state index contributed by atoms with van der Waals surface area (Å²) < 4.78 is 0. The molecule has 2 aromatic rings. The molecule has 0 radical (unpaired) electrons. The van der Waals surface area contributed by atoms with Crippen molar-refractivity contribution < 1.29 is 0 Å². The van der Waals surface area contributed by atoms with Crippen molar-refractivity contribution in [2.24, 2.45) is 5.73 Å². The van der Waals surface area contributed by atoms with Crippen LogP contribution < -0.4 is 10.6 Å².